The smallest absolute Gasteiger partial charge is 0.407 e. The number of oxazole rings is 1. The van der Waals surface area contributed by atoms with Crippen molar-refractivity contribution in [2.24, 2.45) is 0 Å². The Balaban J connectivity index is 2.88. The number of aromatic nitrogens is 1. The summed E-state index contributed by atoms with van der Waals surface area (Å²) in [6.45, 7) is -0.267. The molecule has 2 aromatic rings. The first kappa shape index (κ1) is 10.1. The van der Waals surface area contributed by atoms with Gasteiger partial charge in [0.1, 0.15) is 6.29 Å². The van der Waals surface area contributed by atoms with E-state index in [1.165, 1.54) is 18.2 Å². The summed E-state index contributed by atoms with van der Waals surface area (Å²) in [6.07, 6.45) is 0.479. The molecule has 1 aromatic heterocycles. The number of fused-ring (bicyclic) bond motifs is 1. The van der Waals surface area contributed by atoms with Crippen LogP contribution in [0, 0.1) is 10.1 Å². The molecular weight excluding hydrogens is 216 g/mol. The zero-order valence-corrected chi connectivity index (χ0v) is 7.95. The molecule has 2 rings (SSSR count). The summed E-state index contributed by atoms with van der Waals surface area (Å²) in [5.41, 5.74) is -0.129. The van der Waals surface area contributed by atoms with Gasteiger partial charge in [-0.05, 0) is 6.07 Å². The van der Waals surface area contributed by atoms with Crippen molar-refractivity contribution in [3.8, 4) is 0 Å². The molecule has 1 heterocycles. The van der Waals surface area contributed by atoms with Gasteiger partial charge in [-0.3, -0.25) is 14.7 Å². The third kappa shape index (κ3) is 1.38. The number of nitrogens with zero attached hydrogens (tertiary/aromatic N) is 2. The van der Waals surface area contributed by atoms with Crippen molar-refractivity contribution < 1.29 is 14.1 Å². The van der Waals surface area contributed by atoms with Gasteiger partial charge in [-0.2, -0.15) is 0 Å². The van der Waals surface area contributed by atoms with Crippen molar-refractivity contribution in [2.75, 3.05) is 0 Å². The molecule has 0 N–H and O–H groups in total. The molecule has 0 amide bonds. The highest BCUT2D eigenvalue weighted by Gasteiger charge is 2.19. The van der Waals surface area contributed by atoms with Gasteiger partial charge in [0.2, 0.25) is 0 Å². The Kier molecular flexibility index (Phi) is 2.28. The summed E-state index contributed by atoms with van der Waals surface area (Å²) in [5, 5.41) is 10.7. The Hall–Kier alpha value is -2.44. The van der Waals surface area contributed by atoms with Crippen LogP contribution < -0.4 is 5.76 Å². The van der Waals surface area contributed by atoms with Crippen LogP contribution in [0.4, 0.5) is 5.69 Å². The van der Waals surface area contributed by atoms with Gasteiger partial charge in [0.15, 0.2) is 11.1 Å². The monoisotopic (exact) mass is 222 g/mol. The minimum atomic E-state index is -0.781. The fourth-order valence-corrected chi connectivity index (χ4v) is 1.49. The van der Waals surface area contributed by atoms with Crippen LogP contribution in [0.1, 0.15) is 0 Å². The maximum atomic E-state index is 11.3. The molecule has 0 aliphatic rings. The van der Waals surface area contributed by atoms with Crippen LogP contribution >= 0.6 is 0 Å². The largest absolute Gasteiger partial charge is 0.420 e. The third-order valence-corrected chi connectivity index (χ3v) is 2.12. The minimum absolute atomic E-state index is 0.0320. The first-order valence-electron chi connectivity index (χ1n) is 4.35. The van der Waals surface area contributed by atoms with Crippen molar-refractivity contribution in [3.05, 3.63) is 38.9 Å². The van der Waals surface area contributed by atoms with Gasteiger partial charge in [-0.25, -0.2) is 4.79 Å². The lowest BCUT2D eigenvalue weighted by molar-refractivity contribution is -0.383. The van der Waals surface area contributed by atoms with Crippen molar-refractivity contribution in [2.45, 2.75) is 6.54 Å². The lowest BCUT2D eigenvalue weighted by Gasteiger charge is -1.96. The fraction of sp³-hybridized carbons (Fsp3) is 0.111. The first-order chi connectivity index (χ1) is 7.65. The van der Waals surface area contributed by atoms with Gasteiger partial charge < -0.3 is 9.21 Å². The summed E-state index contributed by atoms with van der Waals surface area (Å²) in [5.74, 6) is -0.781. The Bertz CT molecular complexity index is 624. The molecule has 0 radical (unpaired) electrons. The third-order valence-electron chi connectivity index (χ3n) is 2.12. The number of carbonyl (C=O) groups excluding carboxylic acids is 1. The molecule has 7 heteroatoms. The van der Waals surface area contributed by atoms with E-state index in [9.17, 15) is 19.7 Å². The highest BCUT2D eigenvalue weighted by atomic mass is 16.6. The molecule has 0 aliphatic heterocycles. The van der Waals surface area contributed by atoms with Crippen molar-refractivity contribution in [1.82, 2.24) is 4.57 Å². The zero-order chi connectivity index (χ0) is 11.7. The number of aldehydes is 1. The molecular formula is C9H6N2O5. The molecule has 0 atom stereocenters. The minimum Gasteiger partial charge on any atom is -0.407 e. The number of nitro groups is 1. The summed E-state index contributed by atoms with van der Waals surface area (Å²) in [4.78, 5) is 31.8. The van der Waals surface area contributed by atoms with Crippen molar-refractivity contribution in [1.29, 1.82) is 0 Å². The van der Waals surface area contributed by atoms with Gasteiger partial charge in [0.05, 0.1) is 11.5 Å². The number of rotatable bonds is 3. The summed E-state index contributed by atoms with van der Waals surface area (Å²) < 4.78 is 5.72. The molecule has 0 saturated heterocycles. The van der Waals surface area contributed by atoms with Crippen LogP contribution in [0.25, 0.3) is 11.1 Å². The topological polar surface area (TPSA) is 95.3 Å². The average Bonchev–Trinajstić information content (AvgIpc) is 2.55. The highest BCUT2D eigenvalue weighted by molar-refractivity contribution is 5.83. The summed E-state index contributed by atoms with van der Waals surface area (Å²) in [7, 11) is 0. The molecule has 0 unspecified atom stereocenters. The number of non-ortho nitro benzene ring substituents is 1. The number of carbonyl (C=O) groups is 1. The Morgan fingerprint density at radius 1 is 1.50 bits per heavy atom. The molecule has 82 valence electrons. The molecule has 16 heavy (non-hydrogen) atoms. The second-order valence-electron chi connectivity index (χ2n) is 3.03. The lowest BCUT2D eigenvalue weighted by atomic mass is 10.3. The molecule has 0 aliphatic carbocycles. The zero-order valence-electron chi connectivity index (χ0n) is 7.95. The van der Waals surface area contributed by atoms with E-state index < -0.39 is 10.7 Å². The van der Waals surface area contributed by atoms with Crippen LogP contribution in [-0.4, -0.2) is 15.8 Å². The number of nitro benzene ring substituents is 1. The van der Waals surface area contributed by atoms with Gasteiger partial charge in [-0.1, -0.05) is 6.07 Å². The number of hydrogen-bond donors (Lipinski definition) is 0. The van der Waals surface area contributed by atoms with Crippen molar-refractivity contribution >= 4 is 23.1 Å². The van der Waals surface area contributed by atoms with E-state index in [-0.39, 0.29) is 23.3 Å². The van der Waals surface area contributed by atoms with E-state index >= 15 is 0 Å². The van der Waals surface area contributed by atoms with Crippen LogP contribution in [0.2, 0.25) is 0 Å². The average molecular weight is 222 g/mol. The van der Waals surface area contributed by atoms with Gasteiger partial charge in [0.25, 0.3) is 5.69 Å². The van der Waals surface area contributed by atoms with Crippen LogP contribution in [0.15, 0.2) is 27.4 Å². The molecule has 7 nitrogen and oxygen atoms in total. The van der Waals surface area contributed by atoms with Gasteiger partial charge in [-0.15, -0.1) is 0 Å². The van der Waals surface area contributed by atoms with E-state index in [0.717, 1.165) is 4.57 Å². The van der Waals surface area contributed by atoms with Gasteiger partial charge in [0, 0.05) is 6.07 Å². The number of hydrogen-bond acceptors (Lipinski definition) is 5. The molecule has 0 bridgehead atoms. The molecule has 1 aromatic carbocycles. The maximum Gasteiger partial charge on any atom is 0.420 e. The van der Waals surface area contributed by atoms with Crippen molar-refractivity contribution in [3.63, 3.8) is 0 Å². The van der Waals surface area contributed by atoms with Crippen LogP contribution in [0.5, 0.6) is 0 Å². The summed E-state index contributed by atoms with van der Waals surface area (Å²) in [6, 6.07) is 4.10. The Morgan fingerprint density at radius 2 is 2.25 bits per heavy atom. The van der Waals surface area contributed by atoms with E-state index in [1.54, 1.807) is 0 Å². The first-order valence-corrected chi connectivity index (χ1v) is 4.35. The lowest BCUT2D eigenvalue weighted by Crippen LogP contribution is -2.15. The second-order valence-corrected chi connectivity index (χ2v) is 3.03. The van der Waals surface area contributed by atoms with Crippen LogP contribution in [0.3, 0.4) is 0 Å². The molecule has 0 fully saturated rings. The Morgan fingerprint density at radius 3 is 2.88 bits per heavy atom. The summed E-state index contributed by atoms with van der Waals surface area (Å²) >= 11 is 0. The predicted octanol–water partition coefficient (Wildman–Crippen LogP) is 0.702. The quantitative estimate of drug-likeness (QED) is 0.432. The fourth-order valence-electron chi connectivity index (χ4n) is 1.49. The highest BCUT2D eigenvalue weighted by Crippen LogP contribution is 2.24. The van der Waals surface area contributed by atoms with E-state index in [0.29, 0.717) is 6.29 Å². The Labute approximate surface area is 88.0 Å². The number of benzene rings is 1. The van der Waals surface area contributed by atoms with Gasteiger partial charge >= 0.3 is 5.76 Å². The standard InChI is InChI=1S/C9H6N2O5/c12-5-4-10-8-6(11(14)15)2-1-3-7(8)16-9(10)13/h1-3,5H,4H2. The van der Waals surface area contributed by atoms with E-state index in [4.69, 9.17) is 4.42 Å². The molecule has 0 saturated carbocycles. The normalized spacial score (nSPS) is 10.5. The molecule has 0 spiro atoms. The van der Waals surface area contributed by atoms with E-state index in [1.807, 2.05) is 0 Å². The van der Waals surface area contributed by atoms with Crippen LogP contribution in [-0.2, 0) is 11.3 Å². The second kappa shape index (κ2) is 3.61. The SMILES string of the molecule is O=CCn1c(=O)oc2cccc([N+](=O)[O-])c21. The van der Waals surface area contributed by atoms with E-state index in [2.05, 4.69) is 0 Å². The predicted molar refractivity (Wildman–Crippen MR) is 53.2 cm³/mol. The number of para-hydroxylation sites is 1. The maximum absolute atomic E-state index is 11.3.